The van der Waals surface area contributed by atoms with Crippen LogP contribution in [-0.4, -0.2) is 68.3 Å². The average molecular weight is 670 g/mol. The highest BCUT2D eigenvalue weighted by Gasteiger charge is 2.10. The first-order valence-electron chi connectivity index (χ1n) is 20.9. The molecule has 0 aromatic heterocycles. The fourth-order valence-corrected chi connectivity index (χ4v) is 6.16. The Kier molecular flexibility index (Phi) is 39.2. The van der Waals surface area contributed by atoms with Crippen molar-refractivity contribution in [3.05, 3.63) is 0 Å². The fourth-order valence-electron chi connectivity index (χ4n) is 6.16. The summed E-state index contributed by atoms with van der Waals surface area (Å²) >= 11 is 0. The topological polar surface area (TPSA) is 68.2 Å². The molecule has 0 fully saturated rings. The molecule has 0 unspecified atom stereocenters. The second-order valence-electron chi connectivity index (χ2n) is 14.0. The van der Waals surface area contributed by atoms with Crippen molar-refractivity contribution in [3.8, 4) is 0 Å². The number of nitrogens with zero attached hydrogens (tertiary/aromatic N) is 1. The van der Waals surface area contributed by atoms with E-state index in [0.29, 0.717) is 13.0 Å². The SMILES string of the molecule is CCCCCCCCCOC(=O)CCCCCCCN(CCO)CCCCCCCC(OCCCCCCC)OCCCCCCC. The highest BCUT2D eigenvalue weighted by molar-refractivity contribution is 5.69. The van der Waals surface area contributed by atoms with Crippen molar-refractivity contribution < 1.29 is 24.1 Å². The minimum atomic E-state index is -0.0269. The Morgan fingerprint density at radius 2 is 0.894 bits per heavy atom. The van der Waals surface area contributed by atoms with Crippen LogP contribution in [0.15, 0.2) is 0 Å². The maximum absolute atomic E-state index is 12.0. The van der Waals surface area contributed by atoms with Gasteiger partial charge in [-0.2, -0.15) is 0 Å². The number of hydrogen-bond donors (Lipinski definition) is 1. The minimum absolute atomic E-state index is 0.0204. The number of ether oxygens (including phenoxy) is 3. The van der Waals surface area contributed by atoms with E-state index in [1.807, 2.05) is 0 Å². The molecule has 6 nitrogen and oxygen atoms in total. The molecule has 0 saturated heterocycles. The summed E-state index contributed by atoms with van der Waals surface area (Å²) in [5, 5.41) is 9.54. The Morgan fingerprint density at radius 1 is 0.489 bits per heavy atom. The zero-order valence-corrected chi connectivity index (χ0v) is 32.1. The molecule has 282 valence electrons. The van der Waals surface area contributed by atoms with E-state index in [0.717, 1.165) is 71.4 Å². The van der Waals surface area contributed by atoms with Gasteiger partial charge in [0, 0.05) is 26.2 Å². The fraction of sp³-hybridized carbons (Fsp3) is 0.976. The quantitative estimate of drug-likeness (QED) is 0.0398. The first-order valence-corrected chi connectivity index (χ1v) is 20.9. The van der Waals surface area contributed by atoms with Gasteiger partial charge < -0.3 is 24.2 Å². The second-order valence-corrected chi connectivity index (χ2v) is 14.0. The van der Waals surface area contributed by atoms with Crippen molar-refractivity contribution in [2.45, 2.75) is 213 Å². The van der Waals surface area contributed by atoms with Gasteiger partial charge in [0.05, 0.1) is 13.2 Å². The molecular weight excluding hydrogens is 586 g/mol. The Labute approximate surface area is 293 Å². The smallest absolute Gasteiger partial charge is 0.305 e. The summed E-state index contributed by atoms with van der Waals surface area (Å²) in [6.07, 6.45) is 34.6. The third kappa shape index (κ3) is 36.4. The number of unbranched alkanes of at least 4 members (excludes halogenated alkanes) is 22. The zero-order valence-electron chi connectivity index (χ0n) is 32.1. The molecular formula is C41H83NO5. The van der Waals surface area contributed by atoms with Crippen molar-refractivity contribution in [3.63, 3.8) is 0 Å². The van der Waals surface area contributed by atoms with E-state index in [1.165, 1.54) is 141 Å². The molecule has 0 heterocycles. The summed E-state index contributed by atoms with van der Waals surface area (Å²) in [5.74, 6) is -0.0204. The van der Waals surface area contributed by atoms with Gasteiger partial charge in [-0.05, 0) is 64.5 Å². The van der Waals surface area contributed by atoms with Gasteiger partial charge in [0.15, 0.2) is 6.29 Å². The van der Waals surface area contributed by atoms with Crippen LogP contribution in [0.2, 0.25) is 0 Å². The monoisotopic (exact) mass is 670 g/mol. The van der Waals surface area contributed by atoms with Gasteiger partial charge in [0.2, 0.25) is 0 Å². The van der Waals surface area contributed by atoms with Crippen molar-refractivity contribution in [1.82, 2.24) is 4.90 Å². The van der Waals surface area contributed by atoms with Crippen molar-refractivity contribution in [2.75, 3.05) is 46.1 Å². The van der Waals surface area contributed by atoms with Gasteiger partial charge in [-0.3, -0.25) is 4.79 Å². The summed E-state index contributed by atoms with van der Waals surface area (Å²) < 4.78 is 17.8. The van der Waals surface area contributed by atoms with Gasteiger partial charge in [-0.1, -0.05) is 149 Å². The molecule has 0 bridgehead atoms. The predicted octanol–water partition coefficient (Wildman–Crippen LogP) is 11.6. The first-order chi connectivity index (χ1) is 23.2. The van der Waals surface area contributed by atoms with E-state index < -0.39 is 0 Å². The molecule has 0 spiro atoms. The number of carbonyl (C=O) groups is 1. The Hall–Kier alpha value is -0.690. The lowest BCUT2D eigenvalue weighted by Gasteiger charge is -2.21. The summed E-state index contributed by atoms with van der Waals surface area (Å²) in [6, 6.07) is 0. The molecule has 0 aliphatic rings. The van der Waals surface area contributed by atoms with Crippen LogP contribution in [-0.2, 0) is 19.0 Å². The van der Waals surface area contributed by atoms with Crippen LogP contribution in [0, 0.1) is 0 Å². The van der Waals surface area contributed by atoms with E-state index in [2.05, 4.69) is 25.7 Å². The molecule has 0 aromatic carbocycles. The number of carbonyl (C=O) groups excluding carboxylic acids is 1. The number of aliphatic hydroxyl groups is 1. The first kappa shape index (κ1) is 46.3. The molecule has 0 saturated carbocycles. The highest BCUT2D eigenvalue weighted by Crippen LogP contribution is 2.15. The number of hydrogen-bond acceptors (Lipinski definition) is 6. The summed E-state index contributed by atoms with van der Waals surface area (Å²) in [6.45, 7) is 12.2. The lowest BCUT2D eigenvalue weighted by Crippen LogP contribution is -2.29. The maximum atomic E-state index is 12.0. The van der Waals surface area contributed by atoms with Crippen LogP contribution in [0.1, 0.15) is 207 Å². The summed E-state index contributed by atoms with van der Waals surface area (Å²) in [7, 11) is 0. The maximum Gasteiger partial charge on any atom is 0.305 e. The molecule has 0 radical (unpaired) electrons. The van der Waals surface area contributed by atoms with Gasteiger partial charge >= 0.3 is 5.97 Å². The van der Waals surface area contributed by atoms with Crippen LogP contribution >= 0.6 is 0 Å². The highest BCUT2D eigenvalue weighted by atomic mass is 16.7. The van der Waals surface area contributed by atoms with Crippen LogP contribution in [0.3, 0.4) is 0 Å². The van der Waals surface area contributed by atoms with Crippen LogP contribution in [0.4, 0.5) is 0 Å². The Balaban J connectivity index is 3.88. The predicted molar refractivity (Wildman–Crippen MR) is 201 cm³/mol. The molecule has 0 aromatic rings. The van der Waals surface area contributed by atoms with Gasteiger partial charge in [0.25, 0.3) is 0 Å². The van der Waals surface area contributed by atoms with E-state index in [9.17, 15) is 9.90 Å². The molecule has 0 atom stereocenters. The number of aliphatic hydroxyl groups excluding tert-OH is 1. The van der Waals surface area contributed by atoms with Crippen LogP contribution < -0.4 is 0 Å². The van der Waals surface area contributed by atoms with Gasteiger partial charge in [-0.25, -0.2) is 0 Å². The molecule has 0 aliphatic carbocycles. The minimum Gasteiger partial charge on any atom is -0.466 e. The zero-order chi connectivity index (χ0) is 34.3. The Bertz CT molecular complexity index is 588. The van der Waals surface area contributed by atoms with Gasteiger partial charge in [-0.15, -0.1) is 0 Å². The number of rotatable bonds is 40. The molecule has 1 N–H and O–H groups in total. The Morgan fingerprint density at radius 3 is 1.38 bits per heavy atom. The van der Waals surface area contributed by atoms with E-state index >= 15 is 0 Å². The third-order valence-electron chi connectivity index (χ3n) is 9.30. The van der Waals surface area contributed by atoms with E-state index in [4.69, 9.17) is 14.2 Å². The van der Waals surface area contributed by atoms with E-state index in [-0.39, 0.29) is 18.9 Å². The van der Waals surface area contributed by atoms with Crippen LogP contribution in [0.5, 0.6) is 0 Å². The summed E-state index contributed by atoms with van der Waals surface area (Å²) in [5.41, 5.74) is 0. The lowest BCUT2D eigenvalue weighted by atomic mass is 10.1. The van der Waals surface area contributed by atoms with Crippen molar-refractivity contribution in [2.24, 2.45) is 0 Å². The van der Waals surface area contributed by atoms with E-state index in [1.54, 1.807) is 0 Å². The molecule has 6 heteroatoms. The largest absolute Gasteiger partial charge is 0.466 e. The third-order valence-corrected chi connectivity index (χ3v) is 9.30. The molecule has 47 heavy (non-hydrogen) atoms. The molecule has 0 rings (SSSR count). The average Bonchev–Trinajstić information content (AvgIpc) is 3.07. The lowest BCUT2D eigenvalue weighted by molar-refractivity contribution is -0.148. The molecule has 0 amide bonds. The standard InChI is InChI=1S/C41H83NO5/c1-4-7-10-13-14-23-28-37-45-40(44)31-24-17-15-19-26-33-42(35-36-43)34-27-20-16-18-25-32-41(46-38-29-21-11-8-5-2)47-39-30-22-12-9-6-3/h41,43H,4-39H2,1-3H3. The van der Waals surface area contributed by atoms with Gasteiger partial charge in [0.1, 0.15) is 0 Å². The van der Waals surface area contributed by atoms with Crippen molar-refractivity contribution >= 4 is 5.97 Å². The van der Waals surface area contributed by atoms with Crippen molar-refractivity contribution in [1.29, 1.82) is 0 Å². The molecule has 0 aliphatic heterocycles. The summed E-state index contributed by atoms with van der Waals surface area (Å²) in [4.78, 5) is 14.4. The van der Waals surface area contributed by atoms with Crippen LogP contribution in [0.25, 0.3) is 0 Å². The second kappa shape index (κ2) is 39.7. The number of esters is 1. The normalized spacial score (nSPS) is 11.7.